The zero-order valence-corrected chi connectivity index (χ0v) is 16.4. The zero-order chi connectivity index (χ0) is 19.1. The summed E-state index contributed by atoms with van der Waals surface area (Å²) in [5, 5.41) is 0. The molecular weight excluding hydrogens is 354 g/mol. The average Bonchev–Trinajstić information content (AvgIpc) is 3.02. The van der Waals surface area contributed by atoms with Crippen LogP contribution in [-0.4, -0.2) is 25.8 Å². The van der Waals surface area contributed by atoms with E-state index in [1.54, 1.807) is 16.4 Å². The van der Waals surface area contributed by atoms with E-state index in [4.69, 9.17) is 0 Å². The van der Waals surface area contributed by atoms with E-state index in [-0.39, 0.29) is 5.41 Å². The maximum atomic E-state index is 12.9. The predicted octanol–water partition coefficient (Wildman–Crippen LogP) is 3.97. The van der Waals surface area contributed by atoms with Crippen molar-refractivity contribution in [3.63, 3.8) is 0 Å². The van der Waals surface area contributed by atoms with Crippen molar-refractivity contribution in [3.8, 4) is 11.8 Å². The molecule has 1 aliphatic carbocycles. The Morgan fingerprint density at radius 3 is 2.52 bits per heavy atom. The highest BCUT2D eigenvalue weighted by Gasteiger charge is 2.67. The second-order valence-electron chi connectivity index (χ2n) is 7.56. The van der Waals surface area contributed by atoms with Crippen molar-refractivity contribution in [2.45, 2.75) is 18.7 Å². The van der Waals surface area contributed by atoms with Crippen LogP contribution in [0.5, 0.6) is 0 Å². The zero-order valence-electron chi connectivity index (χ0n) is 15.6. The summed E-state index contributed by atoms with van der Waals surface area (Å²) >= 11 is 0. The number of aryl methyl sites for hydroxylation is 1. The number of fused-ring (bicyclic) bond motifs is 1. The van der Waals surface area contributed by atoms with Crippen molar-refractivity contribution in [1.29, 1.82) is 0 Å². The molecule has 138 valence electrons. The minimum atomic E-state index is -3.45. The molecule has 1 heterocycles. The van der Waals surface area contributed by atoms with Crippen molar-refractivity contribution >= 4 is 16.1 Å². The van der Waals surface area contributed by atoms with Gasteiger partial charge in [0.25, 0.3) is 0 Å². The third-order valence-corrected chi connectivity index (χ3v) is 7.76. The monoisotopic (exact) mass is 377 g/mol. The van der Waals surface area contributed by atoms with Gasteiger partial charge in [0.1, 0.15) is 0 Å². The van der Waals surface area contributed by atoms with Gasteiger partial charge in [-0.15, -0.1) is 0 Å². The molecule has 1 saturated carbocycles. The van der Waals surface area contributed by atoms with E-state index in [0.29, 0.717) is 29.8 Å². The van der Waals surface area contributed by atoms with Crippen molar-refractivity contribution in [2.75, 3.05) is 13.1 Å². The highest BCUT2D eigenvalue weighted by molar-refractivity contribution is 7.89. The first-order valence-corrected chi connectivity index (χ1v) is 10.7. The molecule has 2 fully saturated rings. The van der Waals surface area contributed by atoms with E-state index in [1.165, 1.54) is 0 Å². The molecule has 1 saturated heterocycles. The van der Waals surface area contributed by atoms with Crippen LogP contribution in [0.2, 0.25) is 0 Å². The molecular formula is C23H23NO2S. The fourth-order valence-corrected chi connectivity index (χ4v) is 5.57. The summed E-state index contributed by atoms with van der Waals surface area (Å²) in [5.74, 6) is 7.30. The van der Waals surface area contributed by atoms with Gasteiger partial charge in [0.15, 0.2) is 0 Å². The lowest BCUT2D eigenvalue weighted by molar-refractivity contribution is 0.402. The molecule has 2 aromatic carbocycles. The lowest BCUT2D eigenvalue weighted by Gasteiger charge is -2.20. The average molecular weight is 378 g/mol. The van der Waals surface area contributed by atoms with Gasteiger partial charge in [0.2, 0.25) is 10.0 Å². The van der Waals surface area contributed by atoms with Gasteiger partial charge in [0, 0.05) is 13.1 Å². The summed E-state index contributed by atoms with van der Waals surface area (Å²) in [6, 6.07) is 17.1. The molecule has 4 heteroatoms. The molecule has 0 bridgehead atoms. The lowest BCUT2D eigenvalue weighted by Crippen LogP contribution is -2.33. The Morgan fingerprint density at radius 2 is 1.81 bits per heavy atom. The third kappa shape index (κ3) is 3.22. The molecule has 1 aliphatic heterocycles. The first-order chi connectivity index (χ1) is 12.9. The second-order valence-corrected chi connectivity index (χ2v) is 9.50. The number of sulfonamides is 1. The Hall–Kier alpha value is -2.35. The molecule has 3 nitrogen and oxygen atoms in total. The van der Waals surface area contributed by atoms with E-state index in [0.717, 1.165) is 11.1 Å². The number of nitrogens with zero attached hydrogens (tertiary/aromatic N) is 1. The van der Waals surface area contributed by atoms with Gasteiger partial charge >= 0.3 is 0 Å². The van der Waals surface area contributed by atoms with Crippen molar-refractivity contribution < 1.29 is 8.42 Å². The fraction of sp³-hybridized carbons (Fsp3) is 0.304. The van der Waals surface area contributed by atoms with E-state index in [2.05, 4.69) is 18.8 Å². The van der Waals surface area contributed by atoms with Crippen LogP contribution in [0, 0.1) is 36.0 Å². The van der Waals surface area contributed by atoms with Gasteiger partial charge in [-0.25, -0.2) is 8.42 Å². The first kappa shape index (κ1) is 18.0. The Morgan fingerprint density at radius 1 is 1.11 bits per heavy atom. The smallest absolute Gasteiger partial charge is 0.207 e. The van der Waals surface area contributed by atoms with Crippen LogP contribution in [0.25, 0.3) is 6.08 Å². The molecule has 0 radical (unpaired) electrons. The first-order valence-electron chi connectivity index (χ1n) is 9.25. The second kappa shape index (κ2) is 6.67. The van der Waals surface area contributed by atoms with E-state index in [1.807, 2.05) is 61.5 Å². The summed E-state index contributed by atoms with van der Waals surface area (Å²) in [4.78, 5) is 0.370. The summed E-state index contributed by atoms with van der Waals surface area (Å²) < 4.78 is 27.5. The standard InChI is InChI=1S/C23H23NO2S/c1-18-11-13-21(14-12-18)27(25,26)24-16-22-19(2)23(22,17-24)15-7-6-10-20-8-4-3-5-9-20/h3-6,8-14,19,22H,16-17H2,1-2H3/b10-6+/t19-,22-,23+/m0/s1. The molecule has 2 aromatic rings. The number of allylic oxidation sites excluding steroid dienone is 1. The maximum Gasteiger partial charge on any atom is 0.243 e. The van der Waals surface area contributed by atoms with Gasteiger partial charge in [-0.1, -0.05) is 66.8 Å². The van der Waals surface area contributed by atoms with Gasteiger partial charge in [-0.2, -0.15) is 4.31 Å². The molecule has 0 amide bonds. The van der Waals surface area contributed by atoms with Gasteiger partial charge in [-0.05, 0) is 48.6 Å². The van der Waals surface area contributed by atoms with E-state index < -0.39 is 10.0 Å². The van der Waals surface area contributed by atoms with Crippen molar-refractivity contribution in [1.82, 2.24) is 4.31 Å². The van der Waals surface area contributed by atoms with Gasteiger partial charge < -0.3 is 0 Å². The molecule has 0 N–H and O–H groups in total. The van der Waals surface area contributed by atoms with Gasteiger partial charge in [0.05, 0.1) is 10.3 Å². The number of hydrogen-bond donors (Lipinski definition) is 0. The number of benzene rings is 2. The number of hydrogen-bond acceptors (Lipinski definition) is 2. The lowest BCUT2D eigenvalue weighted by atomic mass is 10.1. The SMILES string of the molecule is Cc1ccc(S(=O)(=O)N2C[C@H]3[C@H](C)[C@@]3(C#C/C=C/c3ccccc3)C2)cc1. The van der Waals surface area contributed by atoms with Crippen molar-refractivity contribution in [3.05, 3.63) is 71.8 Å². The highest BCUT2D eigenvalue weighted by Crippen LogP contribution is 2.63. The Kier molecular flexibility index (Phi) is 4.46. The Balaban J connectivity index is 1.50. The molecule has 27 heavy (non-hydrogen) atoms. The van der Waals surface area contributed by atoms with Crippen LogP contribution in [0.4, 0.5) is 0 Å². The Labute approximate surface area is 161 Å². The quantitative estimate of drug-likeness (QED) is 0.759. The topological polar surface area (TPSA) is 37.4 Å². The summed E-state index contributed by atoms with van der Waals surface area (Å²) in [7, 11) is -3.45. The number of rotatable bonds is 3. The van der Waals surface area contributed by atoms with Crippen LogP contribution < -0.4 is 0 Å². The normalized spacial score (nSPS) is 27.2. The van der Waals surface area contributed by atoms with Crippen LogP contribution in [-0.2, 0) is 10.0 Å². The highest BCUT2D eigenvalue weighted by atomic mass is 32.2. The predicted molar refractivity (Wildman–Crippen MR) is 108 cm³/mol. The molecule has 2 aliphatic rings. The van der Waals surface area contributed by atoms with Crippen molar-refractivity contribution in [2.24, 2.45) is 17.3 Å². The molecule has 0 spiro atoms. The minimum Gasteiger partial charge on any atom is -0.207 e. The molecule has 4 rings (SSSR count). The fourth-order valence-electron chi connectivity index (χ4n) is 4.05. The van der Waals surface area contributed by atoms with Gasteiger partial charge in [-0.3, -0.25) is 0 Å². The third-order valence-electron chi connectivity index (χ3n) is 5.93. The summed E-state index contributed by atoms with van der Waals surface area (Å²) in [6.45, 7) is 5.18. The van der Waals surface area contributed by atoms with Crippen LogP contribution in [0.1, 0.15) is 18.1 Å². The van der Waals surface area contributed by atoms with Crippen LogP contribution >= 0.6 is 0 Å². The summed E-state index contributed by atoms with van der Waals surface area (Å²) in [5.41, 5.74) is 1.97. The number of piperidine rings is 1. The van der Waals surface area contributed by atoms with E-state index >= 15 is 0 Å². The van der Waals surface area contributed by atoms with Crippen LogP contribution in [0.15, 0.2) is 65.6 Å². The maximum absolute atomic E-state index is 12.9. The molecule has 0 unspecified atom stereocenters. The van der Waals surface area contributed by atoms with Crippen LogP contribution in [0.3, 0.4) is 0 Å². The minimum absolute atomic E-state index is 0.196. The van der Waals surface area contributed by atoms with E-state index in [9.17, 15) is 8.42 Å². The Bertz CT molecular complexity index is 1030. The largest absolute Gasteiger partial charge is 0.243 e. The summed E-state index contributed by atoms with van der Waals surface area (Å²) in [6.07, 6.45) is 3.85. The molecule has 0 aromatic heterocycles. The molecule has 3 atom stereocenters.